The average molecular weight is 471 g/mol. The van der Waals surface area contributed by atoms with Crippen molar-refractivity contribution in [2.45, 2.75) is 43.3 Å². The van der Waals surface area contributed by atoms with Gasteiger partial charge in [-0.1, -0.05) is 66.9 Å². The van der Waals surface area contributed by atoms with Crippen LogP contribution in [0.15, 0.2) is 58.5 Å². The van der Waals surface area contributed by atoms with Gasteiger partial charge in [0.25, 0.3) is 5.56 Å². The topological polar surface area (TPSA) is 93.1 Å². The first-order valence-corrected chi connectivity index (χ1v) is 11.9. The Kier molecular flexibility index (Phi) is 7.12. The molecular formula is C23H23ClN4O3S. The third kappa shape index (κ3) is 5.14. The second-order valence-corrected chi connectivity index (χ2v) is 9.00. The number of carbonyl (C=O) groups excluding carboxylic acids is 2. The molecule has 1 saturated carbocycles. The number of para-hydroxylation sites is 2. The second kappa shape index (κ2) is 10.2. The third-order valence-corrected chi connectivity index (χ3v) is 6.62. The van der Waals surface area contributed by atoms with Gasteiger partial charge in [0.05, 0.1) is 27.4 Å². The lowest BCUT2D eigenvalue weighted by molar-refractivity contribution is -0.117. The summed E-state index contributed by atoms with van der Waals surface area (Å²) in [7, 11) is 0. The van der Waals surface area contributed by atoms with E-state index in [1.165, 1.54) is 11.0 Å². The number of carbonyl (C=O) groups is 2. The highest BCUT2D eigenvalue weighted by Gasteiger charge is 2.19. The molecular weight excluding hydrogens is 448 g/mol. The number of thioether (sulfide) groups is 1. The van der Waals surface area contributed by atoms with Gasteiger partial charge in [0.1, 0.15) is 0 Å². The van der Waals surface area contributed by atoms with Crippen LogP contribution < -0.4 is 16.2 Å². The zero-order valence-corrected chi connectivity index (χ0v) is 18.9. The van der Waals surface area contributed by atoms with Gasteiger partial charge in [-0.05, 0) is 37.1 Å². The number of hydrogen-bond donors (Lipinski definition) is 2. The van der Waals surface area contributed by atoms with Gasteiger partial charge < -0.3 is 5.32 Å². The van der Waals surface area contributed by atoms with E-state index < -0.39 is 11.9 Å². The highest BCUT2D eigenvalue weighted by Crippen LogP contribution is 2.25. The van der Waals surface area contributed by atoms with Crippen molar-refractivity contribution in [3.8, 4) is 5.69 Å². The molecule has 1 heterocycles. The van der Waals surface area contributed by atoms with Crippen LogP contribution in [0.1, 0.15) is 32.1 Å². The molecule has 0 saturated heterocycles. The first-order chi connectivity index (χ1) is 15.5. The van der Waals surface area contributed by atoms with E-state index >= 15 is 0 Å². The van der Waals surface area contributed by atoms with E-state index in [0.717, 1.165) is 37.4 Å². The monoisotopic (exact) mass is 470 g/mol. The van der Waals surface area contributed by atoms with Crippen molar-refractivity contribution >= 4 is 46.2 Å². The molecule has 1 aromatic heterocycles. The predicted octanol–water partition coefficient (Wildman–Crippen LogP) is 4.29. The predicted molar refractivity (Wildman–Crippen MR) is 127 cm³/mol. The van der Waals surface area contributed by atoms with Crippen molar-refractivity contribution in [2.24, 2.45) is 0 Å². The molecule has 0 aliphatic heterocycles. The molecule has 7 nitrogen and oxygen atoms in total. The fourth-order valence-electron chi connectivity index (χ4n) is 3.82. The molecule has 1 fully saturated rings. The lowest BCUT2D eigenvalue weighted by atomic mass is 9.96. The number of rotatable bonds is 5. The van der Waals surface area contributed by atoms with Crippen LogP contribution in [0.3, 0.4) is 0 Å². The standard InChI is InChI=1S/C23H23ClN4O3S/c24-17-11-5-7-13-19(17)28-21(30)16-10-4-6-12-18(16)26-23(28)32-14-20(29)27-22(31)25-15-8-2-1-3-9-15/h4-7,10-13,15H,1-3,8-9,14H2,(H2,25,27,29,31). The number of hydrogen-bond acceptors (Lipinski definition) is 5. The van der Waals surface area contributed by atoms with Gasteiger partial charge in [-0.15, -0.1) is 0 Å². The number of nitrogens with zero attached hydrogens (tertiary/aromatic N) is 2. The van der Waals surface area contributed by atoms with Gasteiger partial charge in [0.15, 0.2) is 5.16 Å². The van der Waals surface area contributed by atoms with Crippen LogP contribution in [-0.4, -0.2) is 33.3 Å². The second-order valence-electron chi connectivity index (χ2n) is 7.65. The zero-order valence-electron chi connectivity index (χ0n) is 17.3. The SMILES string of the molecule is O=C(CSc1nc2ccccc2c(=O)n1-c1ccccc1Cl)NC(=O)NC1CCCCC1. The summed E-state index contributed by atoms with van der Waals surface area (Å²) in [6.45, 7) is 0. The summed E-state index contributed by atoms with van der Waals surface area (Å²) < 4.78 is 1.41. The molecule has 166 valence electrons. The molecule has 4 rings (SSSR count). The van der Waals surface area contributed by atoms with Gasteiger partial charge in [0.2, 0.25) is 5.91 Å². The van der Waals surface area contributed by atoms with Crippen LogP contribution in [0.5, 0.6) is 0 Å². The van der Waals surface area contributed by atoms with E-state index in [4.69, 9.17) is 11.6 Å². The van der Waals surface area contributed by atoms with Crippen LogP contribution in [-0.2, 0) is 4.79 Å². The first kappa shape index (κ1) is 22.4. The Hall–Kier alpha value is -2.84. The molecule has 0 unspecified atom stereocenters. The number of benzene rings is 2. The third-order valence-electron chi connectivity index (χ3n) is 5.36. The minimum Gasteiger partial charge on any atom is -0.335 e. The van der Waals surface area contributed by atoms with Crippen LogP contribution in [0.4, 0.5) is 4.79 Å². The van der Waals surface area contributed by atoms with E-state index in [9.17, 15) is 14.4 Å². The van der Waals surface area contributed by atoms with E-state index in [1.54, 1.807) is 48.5 Å². The Morgan fingerprint density at radius 2 is 1.78 bits per heavy atom. The number of urea groups is 1. The van der Waals surface area contributed by atoms with Crippen LogP contribution in [0.2, 0.25) is 5.02 Å². The molecule has 2 N–H and O–H groups in total. The van der Waals surface area contributed by atoms with Gasteiger partial charge >= 0.3 is 6.03 Å². The van der Waals surface area contributed by atoms with Crippen LogP contribution >= 0.6 is 23.4 Å². The average Bonchev–Trinajstić information content (AvgIpc) is 2.79. The first-order valence-electron chi connectivity index (χ1n) is 10.5. The van der Waals surface area contributed by atoms with Gasteiger partial charge in [0, 0.05) is 6.04 Å². The number of nitrogens with one attached hydrogen (secondary N) is 2. The maximum atomic E-state index is 13.2. The summed E-state index contributed by atoms with van der Waals surface area (Å²) in [5, 5.41) is 6.40. The largest absolute Gasteiger partial charge is 0.335 e. The van der Waals surface area contributed by atoms with Crippen LogP contribution in [0, 0.1) is 0 Å². The normalized spacial score (nSPS) is 14.3. The summed E-state index contributed by atoms with van der Waals surface area (Å²) in [5.41, 5.74) is 0.732. The Labute approximate surface area is 194 Å². The molecule has 32 heavy (non-hydrogen) atoms. The minimum atomic E-state index is -0.488. The molecule has 0 spiro atoms. The van der Waals surface area contributed by atoms with E-state index in [-0.39, 0.29) is 17.4 Å². The summed E-state index contributed by atoms with van der Waals surface area (Å²) >= 11 is 7.43. The Morgan fingerprint density at radius 3 is 2.56 bits per heavy atom. The molecule has 1 aliphatic carbocycles. The van der Waals surface area contributed by atoms with Crippen molar-refractivity contribution in [3.63, 3.8) is 0 Å². The molecule has 0 atom stereocenters. The molecule has 3 amide bonds. The number of halogens is 1. The molecule has 0 bridgehead atoms. The van der Waals surface area contributed by atoms with Crippen molar-refractivity contribution in [2.75, 3.05) is 5.75 Å². The van der Waals surface area contributed by atoms with E-state index in [2.05, 4.69) is 15.6 Å². The molecule has 9 heteroatoms. The van der Waals surface area contributed by atoms with Gasteiger partial charge in [-0.2, -0.15) is 0 Å². The fourth-order valence-corrected chi connectivity index (χ4v) is 4.84. The Bertz CT molecular complexity index is 1210. The highest BCUT2D eigenvalue weighted by atomic mass is 35.5. The van der Waals surface area contributed by atoms with Crippen molar-refractivity contribution < 1.29 is 9.59 Å². The molecule has 1 aliphatic rings. The van der Waals surface area contributed by atoms with Gasteiger partial charge in [-0.25, -0.2) is 9.78 Å². The van der Waals surface area contributed by atoms with Crippen molar-refractivity contribution in [3.05, 3.63) is 63.9 Å². The maximum absolute atomic E-state index is 13.2. The summed E-state index contributed by atoms with van der Waals surface area (Å²) in [5.74, 6) is -0.538. The fraction of sp³-hybridized carbons (Fsp3) is 0.304. The summed E-state index contributed by atoms with van der Waals surface area (Å²) in [4.78, 5) is 42.4. The lowest BCUT2D eigenvalue weighted by Crippen LogP contribution is -2.45. The molecule has 3 aromatic rings. The highest BCUT2D eigenvalue weighted by molar-refractivity contribution is 7.99. The van der Waals surface area contributed by atoms with Crippen LogP contribution in [0.25, 0.3) is 16.6 Å². The van der Waals surface area contributed by atoms with Gasteiger partial charge in [-0.3, -0.25) is 19.5 Å². The van der Waals surface area contributed by atoms with Crippen molar-refractivity contribution in [1.29, 1.82) is 0 Å². The number of imide groups is 1. The Balaban J connectivity index is 1.54. The number of amides is 3. The lowest BCUT2D eigenvalue weighted by Gasteiger charge is -2.22. The minimum absolute atomic E-state index is 0.0761. The number of aromatic nitrogens is 2. The summed E-state index contributed by atoms with van der Waals surface area (Å²) in [6, 6.07) is 13.6. The van der Waals surface area contributed by atoms with E-state index in [1.807, 2.05) is 0 Å². The number of fused-ring (bicyclic) bond motifs is 1. The summed E-state index contributed by atoms with van der Waals surface area (Å²) in [6.07, 6.45) is 5.22. The maximum Gasteiger partial charge on any atom is 0.321 e. The quantitative estimate of drug-likeness (QED) is 0.428. The molecule has 2 aromatic carbocycles. The Morgan fingerprint density at radius 1 is 1.06 bits per heavy atom. The van der Waals surface area contributed by atoms with E-state index in [0.29, 0.717) is 26.8 Å². The zero-order chi connectivity index (χ0) is 22.5. The smallest absolute Gasteiger partial charge is 0.321 e. The van der Waals surface area contributed by atoms with Crippen molar-refractivity contribution in [1.82, 2.24) is 20.2 Å². The molecule has 0 radical (unpaired) electrons.